The number of rotatable bonds is 2. The van der Waals surface area contributed by atoms with Crippen LogP contribution in [-0.2, 0) is 4.74 Å². The summed E-state index contributed by atoms with van der Waals surface area (Å²) in [6, 6.07) is 0. The van der Waals surface area contributed by atoms with Crippen LogP contribution in [0.5, 0.6) is 0 Å². The second-order valence-electron chi connectivity index (χ2n) is 7.81. The van der Waals surface area contributed by atoms with Gasteiger partial charge in [0.25, 0.3) is 0 Å². The predicted molar refractivity (Wildman–Crippen MR) is 93.7 cm³/mol. The highest BCUT2D eigenvalue weighted by Crippen LogP contribution is 2.43. The summed E-state index contributed by atoms with van der Waals surface area (Å²) in [4.78, 5) is 4.73. The van der Waals surface area contributed by atoms with Crippen molar-refractivity contribution in [2.75, 3.05) is 0 Å². The van der Waals surface area contributed by atoms with Crippen LogP contribution in [-0.4, -0.2) is 17.2 Å². The van der Waals surface area contributed by atoms with E-state index in [4.69, 9.17) is 9.72 Å². The van der Waals surface area contributed by atoms with Crippen LogP contribution in [0.4, 0.5) is 0 Å². The lowest BCUT2D eigenvalue weighted by Crippen LogP contribution is -2.31. The van der Waals surface area contributed by atoms with Crippen LogP contribution in [0.15, 0.2) is 6.20 Å². The van der Waals surface area contributed by atoms with Gasteiger partial charge in [-0.25, -0.2) is 0 Å². The number of ether oxygens (including phenoxy) is 1. The number of aromatic nitrogens is 1. The Morgan fingerprint density at radius 1 is 1.09 bits per heavy atom. The molecule has 2 rings (SSSR count). The van der Waals surface area contributed by atoms with Crippen LogP contribution >= 0.6 is 0 Å². The van der Waals surface area contributed by atoms with Crippen molar-refractivity contribution >= 4 is 0 Å². The Hall–Kier alpha value is -0.890. The minimum absolute atomic E-state index is 0.241. The molecule has 2 heterocycles. The number of nitrogens with zero attached hydrogens (tertiary/aromatic N) is 1. The van der Waals surface area contributed by atoms with Crippen LogP contribution in [0.2, 0.25) is 0 Å². The molecule has 0 aliphatic carbocycles. The lowest BCUT2D eigenvalue weighted by Gasteiger charge is -2.37. The van der Waals surface area contributed by atoms with Gasteiger partial charge in [0.2, 0.25) is 0 Å². The van der Waals surface area contributed by atoms with E-state index in [-0.39, 0.29) is 6.10 Å². The number of fused-ring (bicyclic) bond motifs is 1. The molecule has 0 radical (unpaired) electrons. The highest BCUT2D eigenvalue weighted by molar-refractivity contribution is 5.43. The summed E-state index contributed by atoms with van der Waals surface area (Å²) < 4.78 is 6.27. The highest BCUT2D eigenvalue weighted by atomic mass is 16.5. The topological polar surface area (TPSA) is 22.1 Å². The second kappa shape index (κ2) is 6.70. The summed E-state index contributed by atoms with van der Waals surface area (Å²) in [6.07, 6.45) is 3.78. The van der Waals surface area contributed by atoms with Crippen molar-refractivity contribution in [3.63, 3.8) is 0 Å². The lowest BCUT2D eigenvalue weighted by atomic mass is 9.74. The van der Waals surface area contributed by atoms with Crippen molar-refractivity contribution in [2.24, 2.45) is 5.92 Å². The normalized spacial score (nSPS) is 29.4. The summed E-state index contributed by atoms with van der Waals surface area (Å²) in [5.74, 6) is 2.08. The molecule has 0 bridgehead atoms. The Labute approximate surface area is 136 Å². The zero-order valence-electron chi connectivity index (χ0n) is 15.6. The van der Waals surface area contributed by atoms with Crippen molar-refractivity contribution in [3.05, 3.63) is 28.6 Å². The summed E-state index contributed by atoms with van der Waals surface area (Å²) in [5, 5.41) is 0. The number of hydrogen-bond donors (Lipinski definition) is 0. The Kier molecular flexibility index (Phi) is 5.32. The van der Waals surface area contributed by atoms with Gasteiger partial charge in [-0.05, 0) is 61.6 Å². The minimum atomic E-state index is 0.241. The first-order valence-corrected chi connectivity index (χ1v) is 8.88. The van der Waals surface area contributed by atoms with Crippen LogP contribution in [0.25, 0.3) is 0 Å². The largest absolute Gasteiger partial charge is 0.375 e. The number of hydrogen-bond acceptors (Lipinski definition) is 2. The zero-order chi connectivity index (χ0) is 16.6. The smallest absolute Gasteiger partial charge is 0.0617 e. The van der Waals surface area contributed by atoms with Crippen molar-refractivity contribution in [2.45, 2.75) is 91.8 Å². The van der Waals surface area contributed by atoms with E-state index >= 15 is 0 Å². The van der Waals surface area contributed by atoms with Crippen molar-refractivity contribution < 1.29 is 4.74 Å². The highest BCUT2D eigenvalue weighted by Gasteiger charge is 2.33. The van der Waals surface area contributed by atoms with Gasteiger partial charge in [-0.3, -0.25) is 4.98 Å². The van der Waals surface area contributed by atoms with Crippen LogP contribution in [0.3, 0.4) is 0 Å². The summed E-state index contributed by atoms with van der Waals surface area (Å²) in [7, 11) is 0. The molecule has 2 heteroatoms. The van der Waals surface area contributed by atoms with E-state index in [2.05, 4.69) is 61.6 Å². The molecular weight excluding hydrogens is 270 g/mol. The van der Waals surface area contributed by atoms with E-state index in [1.807, 2.05) is 0 Å². The molecule has 4 atom stereocenters. The fourth-order valence-corrected chi connectivity index (χ4v) is 3.96. The molecule has 1 aliphatic rings. The third-order valence-electron chi connectivity index (χ3n) is 5.38. The number of aryl methyl sites for hydroxylation is 1. The van der Waals surface area contributed by atoms with Crippen LogP contribution < -0.4 is 0 Å². The zero-order valence-corrected chi connectivity index (χ0v) is 15.6. The van der Waals surface area contributed by atoms with Crippen LogP contribution in [0, 0.1) is 12.8 Å². The maximum Gasteiger partial charge on any atom is 0.0617 e. The SMILES string of the molecule is Cc1ncc(C(C)C)c2c1[C@H](C)[C@H](C)O[C@H](C)CC2C(C)C. The molecular formula is C20H33NO. The van der Waals surface area contributed by atoms with Gasteiger partial charge in [-0.15, -0.1) is 0 Å². The Balaban J connectivity index is 2.73. The quantitative estimate of drug-likeness (QED) is 0.714. The predicted octanol–water partition coefficient (Wildman–Crippen LogP) is 5.55. The minimum Gasteiger partial charge on any atom is -0.375 e. The first kappa shape index (κ1) is 17.5. The Morgan fingerprint density at radius 3 is 2.27 bits per heavy atom. The number of pyridine rings is 1. The average Bonchev–Trinajstić information content (AvgIpc) is 2.41. The second-order valence-corrected chi connectivity index (χ2v) is 7.81. The summed E-state index contributed by atoms with van der Waals surface area (Å²) in [5.41, 5.74) is 5.64. The van der Waals surface area contributed by atoms with E-state index in [0.29, 0.717) is 29.8 Å². The molecule has 0 aromatic carbocycles. The fraction of sp³-hybridized carbons (Fsp3) is 0.750. The lowest BCUT2D eigenvalue weighted by molar-refractivity contribution is -0.0174. The van der Waals surface area contributed by atoms with Gasteiger partial charge < -0.3 is 4.74 Å². The molecule has 0 N–H and O–H groups in total. The van der Waals surface area contributed by atoms with E-state index in [1.165, 1.54) is 16.8 Å². The van der Waals surface area contributed by atoms with Gasteiger partial charge in [-0.1, -0.05) is 34.6 Å². The summed E-state index contributed by atoms with van der Waals surface area (Å²) >= 11 is 0. The van der Waals surface area contributed by atoms with Gasteiger partial charge in [0.05, 0.1) is 12.2 Å². The first-order chi connectivity index (χ1) is 10.2. The fourth-order valence-electron chi connectivity index (χ4n) is 3.96. The third-order valence-corrected chi connectivity index (χ3v) is 5.38. The van der Waals surface area contributed by atoms with Gasteiger partial charge in [0.15, 0.2) is 0 Å². The molecule has 0 saturated carbocycles. The molecule has 1 aromatic heterocycles. The Bertz CT molecular complexity index is 521. The van der Waals surface area contributed by atoms with Gasteiger partial charge in [-0.2, -0.15) is 0 Å². The maximum atomic E-state index is 6.27. The maximum absolute atomic E-state index is 6.27. The molecule has 0 saturated heterocycles. The molecule has 2 nitrogen and oxygen atoms in total. The first-order valence-electron chi connectivity index (χ1n) is 8.88. The van der Waals surface area contributed by atoms with E-state index < -0.39 is 0 Å². The Morgan fingerprint density at radius 2 is 1.73 bits per heavy atom. The van der Waals surface area contributed by atoms with Crippen molar-refractivity contribution in [1.29, 1.82) is 0 Å². The molecule has 22 heavy (non-hydrogen) atoms. The molecule has 1 unspecified atom stereocenters. The van der Waals surface area contributed by atoms with E-state index in [0.717, 1.165) is 6.42 Å². The third kappa shape index (κ3) is 3.22. The molecule has 1 aliphatic heterocycles. The van der Waals surface area contributed by atoms with Crippen molar-refractivity contribution in [1.82, 2.24) is 4.98 Å². The molecule has 0 amide bonds. The average molecular weight is 303 g/mol. The van der Waals surface area contributed by atoms with Gasteiger partial charge in [0.1, 0.15) is 0 Å². The van der Waals surface area contributed by atoms with E-state index in [9.17, 15) is 0 Å². The van der Waals surface area contributed by atoms with Gasteiger partial charge in [0, 0.05) is 17.8 Å². The summed E-state index contributed by atoms with van der Waals surface area (Å²) in [6.45, 7) is 18.2. The van der Waals surface area contributed by atoms with Crippen LogP contribution in [0.1, 0.15) is 95.0 Å². The molecule has 0 fully saturated rings. The van der Waals surface area contributed by atoms with Gasteiger partial charge >= 0.3 is 0 Å². The van der Waals surface area contributed by atoms with E-state index in [1.54, 1.807) is 5.56 Å². The molecule has 1 aromatic rings. The molecule has 0 spiro atoms. The van der Waals surface area contributed by atoms with Crippen molar-refractivity contribution in [3.8, 4) is 0 Å². The standard InChI is InChI=1S/C20H33NO/c1-11(2)17-9-13(5)22-16(8)14(6)19-15(7)21-10-18(12(3)4)20(17)19/h10-14,16-17H,9H2,1-8H3/t13-,14-,16+,17?/m1/s1. The molecule has 124 valence electrons. The monoisotopic (exact) mass is 303 g/mol.